The van der Waals surface area contributed by atoms with Crippen molar-refractivity contribution in [1.29, 1.82) is 0 Å². The minimum atomic E-state index is -0.864. The van der Waals surface area contributed by atoms with Crippen LogP contribution in [0.25, 0.3) is 4.85 Å². The zero-order valence-corrected chi connectivity index (χ0v) is 9.61. The molecule has 1 aromatic carbocycles. The Morgan fingerprint density at radius 1 is 1.33 bits per heavy atom. The van der Waals surface area contributed by atoms with E-state index in [2.05, 4.69) is 9.83 Å². The molecule has 0 fully saturated rings. The molecule has 0 amide bonds. The van der Waals surface area contributed by atoms with Crippen LogP contribution in [-0.2, 0) is 6.61 Å². The van der Waals surface area contributed by atoms with Gasteiger partial charge in [-0.2, -0.15) is 0 Å². The molecule has 0 aliphatic heterocycles. The minimum absolute atomic E-state index is 0.178. The Morgan fingerprint density at radius 2 is 2.17 bits per heavy atom. The summed E-state index contributed by atoms with van der Waals surface area (Å²) >= 11 is 0. The maximum Gasteiger partial charge on any atom is 0.187 e. The molecule has 90 valence electrons. The summed E-state index contributed by atoms with van der Waals surface area (Å²) in [4.78, 5) is 7.23. The first kappa shape index (κ1) is 12.2. The quantitative estimate of drug-likeness (QED) is 0.809. The summed E-state index contributed by atoms with van der Waals surface area (Å²) in [5.41, 5.74) is 2.29. The lowest BCUT2D eigenvalue weighted by atomic mass is 9.98. The monoisotopic (exact) mass is 240 g/mol. The third-order valence-electron chi connectivity index (χ3n) is 2.72. The maximum atomic E-state index is 10.3. The summed E-state index contributed by atoms with van der Waals surface area (Å²) in [5.74, 6) is 0. The van der Waals surface area contributed by atoms with Gasteiger partial charge in [-0.15, -0.1) is 0 Å². The first-order valence-electron chi connectivity index (χ1n) is 5.45. The Labute approximate surface area is 105 Å². The molecule has 1 heterocycles. The molecule has 1 aromatic heterocycles. The fourth-order valence-corrected chi connectivity index (χ4v) is 1.78. The van der Waals surface area contributed by atoms with E-state index in [1.807, 2.05) is 0 Å². The van der Waals surface area contributed by atoms with Crippen LogP contribution in [-0.4, -0.2) is 15.2 Å². The summed E-state index contributed by atoms with van der Waals surface area (Å²) < 4.78 is 0. The number of hydrogen-bond donors (Lipinski definition) is 2. The van der Waals surface area contributed by atoms with E-state index in [9.17, 15) is 10.2 Å². The first-order valence-corrected chi connectivity index (χ1v) is 5.45. The van der Waals surface area contributed by atoms with Crippen molar-refractivity contribution in [2.24, 2.45) is 0 Å². The molecule has 0 aliphatic carbocycles. The van der Waals surface area contributed by atoms with Gasteiger partial charge in [-0.1, -0.05) is 24.3 Å². The highest BCUT2D eigenvalue weighted by atomic mass is 16.3. The molecule has 0 saturated heterocycles. The van der Waals surface area contributed by atoms with Gasteiger partial charge in [0, 0.05) is 18.0 Å². The molecular formula is C14H12N2O2. The highest BCUT2D eigenvalue weighted by Crippen LogP contribution is 2.27. The third kappa shape index (κ3) is 2.38. The fraction of sp³-hybridized carbons (Fsp3) is 0.143. The second-order valence-electron chi connectivity index (χ2n) is 3.84. The van der Waals surface area contributed by atoms with E-state index in [1.54, 1.807) is 36.5 Å². The van der Waals surface area contributed by atoms with Gasteiger partial charge >= 0.3 is 0 Å². The summed E-state index contributed by atoms with van der Waals surface area (Å²) in [6.45, 7) is 6.78. The van der Waals surface area contributed by atoms with Crippen molar-refractivity contribution in [3.8, 4) is 0 Å². The van der Waals surface area contributed by atoms with Crippen LogP contribution in [0.2, 0.25) is 0 Å². The molecule has 0 saturated carbocycles. The van der Waals surface area contributed by atoms with Gasteiger partial charge < -0.3 is 10.2 Å². The smallest absolute Gasteiger partial charge is 0.187 e. The molecule has 18 heavy (non-hydrogen) atoms. The molecule has 4 nitrogen and oxygen atoms in total. The lowest BCUT2D eigenvalue weighted by molar-refractivity contribution is 0.212. The number of benzene rings is 1. The van der Waals surface area contributed by atoms with Crippen molar-refractivity contribution in [2.75, 3.05) is 0 Å². The molecule has 0 bridgehead atoms. The van der Waals surface area contributed by atoms with Gasteiger partial charge in [0.1, 0.15) is 6.10 Å². The second-order valence-corrected chi connectivity index (χ2v) is 3.84. The second kappa shape index (κ2) is 5.41. The Bertz CT molecular complexity index is 590. The highest BCUT2D eigenvalue weighted by Gasteiger charge is 2.14. The number of aliphatic hydroxyl groups is 2. The number of hydrogen-bond acceptors (Lipinski definition) is 3. The Morgan fingerprint density at radius 3 is 2.89 bits per heavy atom. The van der Waals surface area contributed by atoms with E-state index in [4.69, 9.17) is 6.57 Å². The van der Waals surface area contributed by atoms with Crippen LogP contribution in [0.1, 0.15) is 22.8 Å². The number of aromatic nitrogens is 1. The van der Waals surface area contributed by atoms with Gasteiger partial charge in [0.2, 0.25) is 0 Å². The van der Waals surface area contributed by atoms with Crippen molar-refractivity contribution in [2.45, 2.75) is 12.7 Å². The highest BCUT2D eigenvalue weighted by molar-refractivity contribution is 5.48. The fourth-order valence-electron chi connectivity index (χ4n) is 1.78. The van der Waals surface area contributed by atoms with Crippen LogP contribution in [0.15, 0.2) is 42.7 Å². The van der Waals surface area contributed by atoms with Crippen molar-refractivity contribution < 1.29 is 10.2 Å². The lowest BCUT2D eigenvalue weighted by Crippen LogP contribution is -2.04. The van der Waals surface area contributed by atoms with Gasteiger partial charge in [-0.05, 0) is 17.2 Å². The third-order valence-corrected chi connectivity index (χ3v) is 2.72. The normalized spacial score (nSPS) is 11.8. The largest absolute Gasteiger partial charge is 0.392 e. The molecule has 0 spiro atoms. The number of pyridine rings is 1. The zero-order chi connectivity index (χ0) is 13.0. The van der Waals surface area contributed by atoms with E-state index in [1.165, 1.54) is 6.20 Å². The zero-order valence-electron chi connectivity index (χ0n) is 9.61. The summed E-state index contributed by atoms with van der Waals surface area (Å²) in [7, 11) is 0. The number of rotatable bonds is 3. The molecule has 1 unspecified atom stereocenters. The SMILES string of the molecule is [C-]#[N+]c1cccc(C(O)c2ccncc2CO)c1. The molecular weight excluding hydrogens is 228 g/mol. The number of aliphatic hydroxyl groups excluding tert-OH is 2. The van der Waals surface area contributed by atoms with Crippen molar-refractivity contribution in [3.05, 3.63) is 70.8 Å². The van der Waals surface area contributed by atoms with E-state index in [-0.39, 0.29) is 6.61 Å². The topological polar surface area (TPSA) is 57.7 Å². The van der Waals surface area contributed by atoms with Crippen molar-refractivity contribution >= 4 is 5.69 Å². The average Bonchev–Trinajstić information content (AvgIpc) is 2.46. The Kier molecular flexibility index (Phi) is 3.68. The standard InChI is InChI=1S/C14H12N2O2/c1-15-12-4-2-3-10(7-12)14(18)13-5-6-16-8-11(13)9-17/h2-8,14,17-18H,9H2. The molecule has 4 heteroatoms. The van der Waals surface area contributed by atoms with Crippen molar-refractivity contribution in [1.82, 2.24) is 4.98 Å². The van der Waals surface area contributed by atoms with Crippen LogP contribution >= 0.6 is 0 Å². The van der Waals surface area contributed by atoms with Crippen LogP contribution < -0.4 is 0 Å². The molecule has 2 aromatic rings. The first-order chi connectivity index (χ1) is 8.76. The summed E-state index contributed by atoms with van der Waals surface area (Å²) in [6, 6.07) is 8.47. The van der Waals surface area contributed by atoms with Gasteiger partial charge in [0.15, 0.2) is 5.69 Å². The Hall–Kier alpha value is -2.22. The molecule has 2 N–H and O–H groups in total. The average molecular weight is 240 g/mol. The van der Waals surface area contributed by atoms with E-state index >= 15 is 0 Å². The Balaban J connectivity index is 2.41. The minimum Gasteiger partial charge on any atom is -0.392 e. The van der Waals surface area contributed by atoms with Gasteiger partial charge in [-0.3, -0.25) is 4.98 Å². The van der Waals surface area contributed by atoms with Crippen LogP contribution in [0.5, 0.6) is 0 Å². The van der Waals surface area contributed by atoms with Crippen molar-refractivity contribution in [3.63, 3.8) is 0 Å². The molecule has 1 atom stereocenters. The number of nitrogens with zero attached hydrogens (tertiary/aromatic N) is 2. The molecule has 0 aliphatic rings. The maximum absolute atomic E-state index is 10.3. The van der Waals surface area contributed by atoms with E-state index in [0.717, 1.165) is 0 Å². The predicted octanol–water partition coefficient (Wildman–Crippen LogP) is 2.21. The van der Waals surface area contributed by atoms with E-state index < -0.39 is 6.10 Å². The van der Waals surface area contributed by atoms with Gasteiger partial charge in [0.05, 0.1) is 13.2 Å². The molecule has 2 rings (SSSR count). The lowest BCUT2D eigenvalue weighted by Gasteiger charge is -2.14. The van der Waals surface area contributed by atoms with Crippen LogP contribution in [0.4, 0.5) is 5.69 Å². The van der Waals surface area contributed by atoms with Gasteiger partial charge in [0.25, 0.3) is 0 Å². The van der Waals surface area contributed by atoms with Gasteiger partial charge in [-0.25, -0.2) is 4.85 Å². The molecule has 0 radical (unpaired) electrons. The van der Waals surface area contributed by atoms with E-state index in [0.29, 0.717) is 22.4 Å². The predicted molar refractivity (Wildman–Crippen MR) is 66.9 cm³/mol. The summed E-state index contributed by atoms with van der Waals surface area (Å²) in [5, 5.41) is 19.5. The summed E-state index contributed by atoms with van der Waals surface area (Å²) in [6.07, 6.45) is 2.23. The van der Waals surface area contributed by atoms with Crippen LogP contribution in [0.3, 0.4) is 0 Å². The van der Waals surface area contributed by atoms with Crippen LogP contribution in [0, 0.1) is 6.57 Å².